The highest BCUT2D eigenvalue weighted by Gasteiger charge is 2.33. The number of amides is 2. The van der Waals surface area contributed by atoms with Gasteiger partial charge in [0.05, 0.1) is 12.8 Å². The fourth-order valence-corrected chi connectivity index (χ4v) is 5.05. The summed E-state index contributed by atoms with van der Waals surface area (Å²) < 4.78 is 26.6. The molecule has 0 fully saturated rings. The van der Waals surface area contributed by atoms with Gasteiger partial charge in [-0.3, -0.25) is 14.6 Å². The van der Waals surface area contributed by atoms with E-state index in [4.69, 9.17) is 0 Å². The minimum absolute atomic E-state index is 0.0355. The first kappa shape index (κ1) is 28.7. The van der Waals surface area contributed by atoms with Crippen LogP contribution in [0.3, 0.4) is 0 Å². The molecule has 9 heteroatoms. The summed E-state index contributed by atoms with van der Waals surface area (Å²) in [5, 5.41) is 2.94. The van der Waals surface area contributed by atoms with Crippen molar-refractivity contribution in [3.8, 4) is 0 Å². The third-order valence-corrected chi connectivity index (χ3v) is 7.56. The SMILES string of the molecule is CS(=O)(=O)N(CC(=O)N(Cc1ccccc1)[C@H](C(=O)NCc1cccnc1)c1ccccc1)Cc1ccccc1. The molecule has 0 bridgehead atoms. The predicted octanol–water partition coefficient (Wildman–Crippen LogP) is 3.93. The van der Waals surface area contributed by atoms with Crippen molar-refractivity contribution in [2.45, 2.75) is 25.7 Å². The molecular formula is C31H32N4O4S. The number of hydrogen-bond acceptors (Lipinski definition) is 5. The molecule has 1 heterocycles. The smallest absolute Gasteiger partial charge is 0.247 e. The van der Waals surface area contributed by atoms with Crippen molar-refractivity contribution in [1.29, 1.82) is 0 Å². The van der Waals surface area contributed by atoms with Gasteiger partial charge in [0.1, 0.15) is 6.04 Å². The number of nitrogens with one attached hydrogen (secondary N) is 1. The van der Waals surface area contributed by atoms with Crippen LogP contribution in [-0.2, 0) is 39.2 Å². The maximum absolute atomic E-state index is 14.0. The van der Waals surface area contributed by atoms with Crippen molar-refractivity contribution < 1.29 is 18.0 Å². The lowest BCUT2D eigenvalue weighted by Crippen LogP contribution is -2.47. The third kappa shape index (κ3) is 8.08. The first-order chi connectivity index (χ1) is 19.3. The fraction of sp³-hybridized carbons (Fsp3) is 0.194. The van der Waals surface area contributed by atoms with Gasteiger partial charge in [0.25, 0.3) is 0 Å². The highest BCUT2D eigenvalue weighted by molar-refractivity contribution is 7.88. The number of hydrogen-bond donors (Lipinski definition) is 1. The summed E-state index contributed by atoms with van der Waals surface area (Å²) >= 11 is 0. The molecule has 8 nitrogen and oxygen atoms in total. The van der Waals surface area contributed by atoms with Crippen LogP contribution in [0.4, 0.5) is 0 Å². The molecule has 206 valence electrons. The second-order valence-electron chi connectivity index (χ2n) is 9.42. The molecule has 0 saturated heterocycles. The topological polar surface area (TPSA) is 99.7 Å². The molecule has 0 spiro atoms. The molecular weight excluding hydrogens is 524 g/mol. The third-order valence-electron chi connectivity index (χ3n) is 6.36. The Morgan fingerprint density at radius 1 is 0.775 bits per heavy atom. The van der Waals surface area contributed by atoms with E-state index in [1.165, 1.54) is 4.90 Å². The van der Waals surface area contributed by atoms with E-state index in [2.05, 4.69) is 10.3 Å². The Kier molecular flexibility index (Phi) is 9.77. The zero-order valence-corrected chi connectivity index (χ0v) is 23.1. The lowest BCUT2D eigenvalue weighted by Gasteiger charge is -2.33. The van der Waals surface area contributed by atoms with Crippen molar-refractivity contribution in [2.75, 3.05) is 12.8 Å². The van der Waals surface area contributed by atoms with Gasteiger partial charge in [-0.1, -0.05) is 97.1 Å². The Morgan fingerprint density at radius 3 is 1.88 bits per heavy atom. The molecule has 1 N–H and O–H groups in total. The van der Waals surface area contributed by atoms with Gasteiger partial charge in [-0.25, -0.2) is 8.42 Å². The Morgan fingerprint density at radius 2 is 1.32 bits per heavy atom. The van der Waals surface area contributed by atoms with E-state index in [1.807, 2.05) is 72.8 Å². The maximum Gasteiger partial charge on any atom is 0.247 e. The Labute approximate surface area is 235 Å². The number of sulfonamides is 1. The second kappa shape index (κ2) is 13.6. The minimum atomic E-state index is -3.74. The predicted molar refractivity (Wildman–Crippen MR) is 154 cm³/mol. The highest BCUT2D eigenvalue weighted by atomic mass is 32.2. The van der Waals surface area contributed by atoms with Crippen molar-refractivity contribution in [3.05, 3.63) is 138 Å². The van der Waals surface area contributed by atoms with Gasteiger partial charge in [-0.05, 0) is 28.3 Å². The summed E-state index contributed by atoms with van der Waals surface area (Å²) in [5.41, 5.74) is 2.99. The van der Waals surface area contributed by atoms with Gasteiger partial charge in [0, 0.05) is 32.0 Å². The van der Waals surface area contributed by atoms with Gasteiger partial charge in [-0.2, -0.15) is 4.31 Å². The molecule has 0 aliphatic rings. The fourth-order valence-electron chi connectivity index (χ4n) is 4.32. The van der Waals surface area contributed by atoms with Crippen LogP contribution in [0.1, 0.15) is 28.3 Å². The molecule has 4 rings (SSSR count). The summed E-state index contributed by atoms with van der Waals surface area (Å²) in [6, 6.07) is 30.1. The zero-order valence-electron chi connectivity index (χ0n) is 22.3. The maximum atomic E-state index is 14.0. The molecule has 3 aromatic carbocycles. The Hall–Kier alpha value is -4.34. The van der Waals surface area contributed by atoms with E-state index in [0.29, 0.717) is 5.56 Å². The molecule has 1 atom stereocenters. The largest absolute Gasteiger partial charge is 0.350 e. The number of benzene rings is 3. The van der Waals surface area contributed by atoms with Crippen LogP contribution in [0.15, 0.2) is 116 Å². The number of rotatable bonds is 12. The zero-order chi connectivity index (χ0) is 28.4. The number of nitrogens with zero attached hydrogens (tertiary/aromatic N) is 3. The summed E-state index contributed by atoms with van der Waals surface area (Å²) in [7, 11) is -3.74. The average Bonchev–Trinajstić information content (AvgIpc) is 2.97. The summed E-state index contributed by atoms with van der Waals surface area (Å²) in [4.78, 5) is 33.3. The van der Waals surface area contributed by atoms with Crippen LogP contribution >= 0.6 is 0 Å². The normalized spacial score (nSPS) is 12.1. The van der Waals surface area contributed by atoms with Crippen molar-refractivity contribution >= 4 is 21.8 Å². The molecule has 0 aliphatic carbocycles. The van der Waals surface area contributed by atoms with Crippen molar-refractivity contribution in [1.82, 2.24) is 19.5 Å². The van der Waals surface area contributed by atoms with Gasteiger partial charge in [-0.15, -0.1) is 0 Å². The average molecular weight is 557 g/mol. The number of pyridine rings is 1. The van der Waals surface area contributed by atoms with Crippen molar-refractivity contribution in [2.24, 2.45) is 0 Å². The number of carbonyl (C=O) groups excluding carboxylic acids is 2. The van der Waals surface area contributed by atoms with Gasteiger partial charge < -0.3 is 10.2 Å². The Bertz CT molecular complexity index is 1490. The first-order valence-electron chi connectivity index (χ1n) is 12.9. The van der Waals surface area contributed by atoms with Gasteiger partial charge >= 0.3 is 0 Å². The van der Waals surface area contributed by atoms with Crippen LogP contribution in [0.25, 0.3) is 0 Å². The van der Waals surface area contributed by atoms with E-state index in [-0.39, 0.29) is 25.5 Å². The summed E-state index contributed by atoms with van der Waals surface area (Å²) in [6.45, 7) is -0.0388. The van der Waals surface area contributed by atoms with E-state index < -0.39 is 28.5 Å². The monoisotopic (exact) mass is 556 g/mol. The van der Waals surface area contributed by atoms with Crippen LogP contribution < -0.4 is 5.32 Å². The molecule has 1 aromatic heterocycles. The minimum Gasteiger partial charge on any atom is -0.350 e. The molecule has 4 aromatic rings. The van der Waals surface area contributed by atoms with Crippen LogP contribution in [0, 0.1) is 0 Å². The van der Waals surface area contributed by atoms with E-state index >= 15 is 0 Å². The van der Waals surface area contributed by atoms with Crippen LogP contribution in [0.2, 0.25) is 0 Å². The number of carbonyl (C=O) groups is 2. The molecule has 0 radical (unpaired) electrons. The van der Waals surface area contributed by atoms with Crippen LogP contribution in [0.5, 0.6) is 0 Å². The highest BCUT2D eigenvalue weighted by Crippen LogP contribution is 2.25. The lowest BCUT2D eigenvalue weighted by atomic mass is 10.0. The summed E-state index contributed by atoms with van der Waals surface area (Å²) in [6.07, 6.45) is 4.40. The van der Waals surface area contributed by atoms with E-state index in [0.717, 1.165) is 27.3 Å². The van der Waals surface area contributed by atoms with Gasteiger partial charge in [0.2, 0.25) is 21.8 Å². The summed E-state index contributed by atoms with van der Waals surface area (Å²) in [5.74, 6) is -0.871. The van der Waals surface area contributed by atoms with Gasteiger partial charge in [0.15, 0.2) is 0 Å². The standard InChI is InChI=1S/C31H32N4O4S/c1-40(38,39)34(22-25-12-5-2-6-13-25)24-29(36)35(23-26-14-7-3-8-15-26)30(28-17-9-4-10-18-28)31(37)33-21-27-16-11-19-32-20-27/h2-20,30H,21-24H2,1H3,(H,33,37)/t30-/m0/s1. The molecule has 0 aliphatic heterocycles. The van der Waals surface area contributed by atoms with E-state index in [1.54, 1.807) is 42.7 Å². The molecule has 2 amide bonds. The van der Waals surface area contributed by atoms with Crippen LogP contribution in [-0.4, -0.2) is 47.2 Å². The molecule has 0 saturated carbocycles. The second-order valence-corrected chi connectivity index (χ2v) is 11.4. The molecule has 40 heavy (non-hydrogen) atoms. The Balaban J connectivity index is 1.68. The first-order valence-corrected chi connectivity index (χ1v) is 14.7. The lowest BCUT2D eigenvalue weighted by molar-refractivity contribution is -0.141. The van der Waals surface area contributed by atoms with Crippen molar-refractivity contribution in [3.63, 3.8) is 0 Å². The molecule has 0 unspecified atom stereocenters. The van der Waals surface area contributed by atoms with E-state index in [9.17, 15) is 18.0 Å². The quantitative estimate of drug-likeness (QED) is 0.285. The number of aromatic nitrogens is 1.